The van der Waals surface area contributed by atoms with Crippen molar-refractivity contribution in [1.29, 1.82) is 0 Å². The van der Waals surface area contributed by atoms with Crippen LogP contribution in [0, 0.1) is 29.4 Å². The van der Waals surface area contributed by atoms with Gasteiger partial charge in [0.05, 0.1) is 23.2 Å². The molecule has 2 saturated heterocycles. The molecule has 2 aliphatic heterocycles. The van der Waals surface area contributed by atoms with Crippen LogP contribution in [0.1, 0.15) is 24.3 Å². The first kappa shape index (κ1) is 27.7. The van der Waals surface area contributed by atoms with Crippen molar-refractivity contribution in [3.63, 3.8) is 0 Å². The molecule has 2 aliphatic carbocycles. The third kappa shape index (κ3) is 3.58. The second-order valence-electron chi connectivity index (χ2n) is 11.3. The Morgan fingerprint density at radius 2 is 1.44 bits per heavy atom. The van der Waals surface area contributed by atoms with Gasteiger partial charge in [-0.25, -0.2) is 13.7 Å². The summed E-state index contributed by atoms with van der Waals surface area (Å²) in [6, 6.07) is 16.8. The average Bonchev–Trinajstić information content (AvgIpc) is 3.34. The zero-order valence-electron chi connectivity index (χ0n) is 22.2. The Balaban J connectivity index is 1.42. The molecule has 4 aliphatic rings. The van der Waals surface area contributed by atoms with Gasteiger partial charge in [-0.15, -0.1) is 23.2 Å². The number of imide groups is 2. The van der Waals surface area contributed by atoms with E-state index in [1.165, 1.54) is 24.3 Å². The van der Waals surface area contributed by atoms with E-state index in [4.69, 9.17) is 23.2 Å². The van der Waals surface area contributed by atoms with E-state index in [2.05, 4.69) is 0 Å². The van der Waals surface area contributed by atoms with Crippen LogP contribution in [-0.4, -0.2) is 38.5 Å². The van der Waals surface area contributed by atoms with Crippen LogP contribution in [0.25, 0.3) is 0 Å². The van der Waals surface area contributed by atoms with E-state index in [9.17, 15) is 33.1 Å². The lowest BCUT2D eigenvalue weighted by Crippen LogP contribution is -2.60. The Hall–Kier alpha value is -4.08. The molecular formula is C32H22Cl2F2N2O5. The van der Waals surface area contributed by atoms with Gasteiger partial charge < -0.3 is 5.11 Å². The molecule has 218 valence electrons. The Bertz CT molecular complexity index is 1770. The van der Waals surface area contributed by atoms with Gasteiger partial charge in [0.15, 0.2) is 21.3 Å². The molecule has 2 heterocycles. The number of carbonyl (C=O) groups excluding carboxylic acids is 4. The third-order valence-electron chi connectivity index (χ3n) is 9.24. The Morgan fingerprint density at radius 3 is 2.14 bits per heavy atom. The fraction of sp³-hybridized carbons (Fsp3) is 0.250. The predicted octanol–water partition coefficient (Wildman–Crippen LogP) is 5.44. The van der Waals surface area contributed by atoms with Gasteiger partial charge in [-0.05, 0) is 61.2 Å². The number of hydrogen-bond acceptors (Lipinski definition) is 5. The minimum atomic E-state index is -2.27. The first-order valence-electron chi connectivity index (χ1n) is 13.6. The highest BCUT2D eigenvalue weighted by Gasteiger charge is 2.77. The number of allylic oxidation sites excluding steroid dienone is 2. The summed E-state index contributed by atoms with van der Waals surface area (Å²) in [6.45, 7) is 0. The molecule has 0 spiro atoms. The van der Waals surface area contributed by atoms with Crippen molar-refractivity contribution in [3.05, 3.63) is 102 Å². The Morgan fingerprint density at radius 1 is 0.767 bits per heavy atom. The summed E-state index contributed by atoms with van der Waals surface area (Å²) >= 11 is 14.4. The summed E-state index contributed by atoms with van der Waals surface area (Å²) in [7, 11) is 0. The van der Waals surface area contributed by atoms with Gasteiger partial charge in [-0.3, -0.25) is 24.1 Å². The maximum absolute atomic E-state index is 14.8. The normalized spacial score (nSPS) is 31.6. The molecule has 4 amide bonds. The minimum absolute atomic E-state index is 0.0188. The van der Waals surface area contributed by atoms with Crippen LogP contribution in [-0.2, 0) is 19.2 Å². The summed E-state index contributed by atoms with van der Waals surface area (Å²) in [6.07, 6.45) is 1.52. The van der Waals surface area contributed by atoms with Crippen LogP contribution in [0.4, 0.5) is 20.2 Å². The van der Waals surface area contributed by atoms with Gasteiger partial charge in [0.1, 0.15) is 5.82 Å². The number of alkyl halides is 2. The van der Waals surface area contributed by atoms with Crippen molar-refractivity contribution in [1.82, 2.24) is 0 Å². The number of benzene rings is 3. The topological polar surface area (TPSA) is 95.0 Å². The number of anilines is 2. The van der Waals surface area contributed by atoms with Crippen LogP contribution < -0.4 is 9.80 Å². The third-order valence-corrected chi connectivity index (χ3v) is 10.7. The molecule has 43 heavy (non-hydrogen) atoms. The first-order valence-corrected chi connectivity index (χ1v) is 14.4. The SMILES string of the molecule is O=C1C2CC=C3C(CC4(Cl)C(=O)N(c5ccc(F)cc5)C(=O)C4(Cl)C3c3cccc(F)c3O)C2C(=O)N1c1ccccc1. The molecule has 0 aromatic heterocycles. The van der Waals surface area contributed by atoms with Gasteiger partial charge >= 0.3 is 0 Å². The van der Waals surface area contributed by atoms with E-state index >= 15 is 0 Å². The van der Waals surface area contributed by atoms with E-state index in [1.54, 1.807) is 36.4 Å². The number of nitrogens with zero attached hydrogens (tertiary/aromatic N) is 2. The minimum Gasteiger partial charge on any atom is -0.505 e. The standard InChI is InChI=1S/C32H22Cl2F2N2O5/c33-31-15-22-19(13-14-20-24(22)28(41)37(27(20)40)17-5-2-1-3-6-17)25(21-7-4-8-23(36)26(21)39)32(31,34)30(43)38(29(31)42)18-11-9-16(35)10-12-18/h1-13,20,22,24-25,39H,14-15H2. The van der Waals surface area contributed by atoms with Crippen molar-refractivity contribution in [3.8, 4) is 5.75 Å². The molecule has 0 bridgehead atoms. The first-order chi connectivity index (χ1) is 20.5. The fourth-order valence-corrected chi connectivity index (χ4v) is 8.27. The largest absolute Gasteiger partial charge is 0.505 e. The number of para-hydroxylation sites is 2. The molecule has 6 unspecified atom stereocenters. The zero-order valence-corrected chi connectivity index (χ0v) is 23.7. The van der Waals surface area contributed by atoms with Crippen molar-refractivity contribution in [2.45, 2.75) is 28.5 Å². The lowest BCUT2D eigenvalue weighted by Gasteiger charge is -2.50. The number of halogens is 4. The van der Waals surface area contributed by atoms with Crippen LogP contribution in [0.2, 0.25) is 0 Å². The molecule has 0 radical (unpaired) electrons. The van der Waals surface area contributed by atoms with E-state index in [1.807, 2.05) is 0 Å². The highest BCUT2D eigenvalue weighted by molar-refractivity contribution is 6.58. The second-order valence-corrected chi connectivity index (χ2v) is 12.5. The summed E-state index contributed by atoms with van der Waals surface area (Å²) in [5.74, 6) is -9.03. The van der Waals surface area contributed by atoms with E-state index in [0.29, 0.717) is 11.3 Å². The number of phenolic OH excluding ortho intramolecular Hbond substituents is 1. The van der Waals surface area contributed by atoms with Crippen molar-refractivity contribution < 1.29 is 33.1 Å². The molecule has 7 nitrogen and oxygen atoms in total. The van der Waals surface area contributed by atoms with Crippen LogP contribution in [0.3, 0.4) is 0 Å². The molecule has 7 rings (SSSR count). The Labute approximate surface area is 254 Å². The second kappa shape index (κ2) is 9.46. The lowest BCUT2D eigenvalue weighted by molar-refractivity contribution is -0.125. The number of rotatable bonds is 3. The van der Waals surface area contributed by atoms with Crippen molar-refractivity contribution >= 4 is 58.2 Å². The van der Waals surface area contributed by atoms with E-state index in [0.717, 1.165) is 28.0 Å². The molecule has 11 heteroatoms. The molecule has 1 saturated carbocycles. The van der Waals surface area contributed by atoms with E-state index < -0.39 is 74.4 Å². The Kier molecular flexibility index (Phi) is 6.10. The summed E-state index contributed by atoms with van der Waals surface area (Å²) in [5.41, 5.74) is 0.732. The highest BCUT2D eigenvalue weighted by Crippen LogP contribution is 2.66. The van der Waals surface area contributed by atoms with Gasteiger partial charge in [0.25, 0.3) is 11.8 Å². The molecular weight excluding hydrogens is 601 g/mol. The molecule has 6 atom stereocenters. The van der Waals surface area contributed by atoms with Crippen molar-refractivity contribution in [2.24, 2.45) is 17.8 Å². The van der Waals surface area contributed by atoms with Gasteiger partial charge in [0.2, 0.25) is 11.8 Å². The number of fused-ring (bicyclic) bond motifs is 4. The van der Waals surface area contributed by atoms with Gasteiger partial charge in [-0.1, -0.05) is 42.0 Å². The quantitative estimate of drug-likeness (QED) is 0.238. The predicted molar refractivity (Wildman–Crippen MR) is 154 cm³/mol. The number of carbonyl (C=O) groups is 4. The van der Waals surface area contributed by atoms with Crippen LogP contribution >= 0.6 is 23.2 Å². The molecule has 3 fully saturated rings. The maximum Gasteiger partial charge on any atom is 0.258 e. The molecule has 3 aromatic carbocycles. The number of aromatic hydroxyl groups is 1. The molecule has 3 aromatic rings. The summed E-state index contributed by atoms with van der Waals surface area (Å²) < 4.78 is 28.5. The zero-order chi connectivity index (χ0) is 30.4. The van der Waals surface area contributed by atoms with Gasteiger partial charge in [0, 0.05) is 11.5 Å². The highest BCUT2D eigenvalue weighted by atomic mass is 35.5. The van der Waals surface area contributed by atoms with Crippen LogP contribution in [0.15, 0.2) is 84.4 Å². The number of amides is 4. The summed E-state index contributed by atoms with van der Waals surface area (Å²) in [5, 5.41) is 10.9. The van der Waals surface area contributed by atoms with Crippen LogP contribution in [0.5, 0.6) is 5.75 Å². The van der Waals surface area contributed by atoms with E-state index in [-0.39, 0.29) is 24.1 Å². The fourth-order valence-electron chi connectivity index (χ4n) is 7.34. The molecule has 1 N–H and O–H groups in total. The van der Waals surface area contributed by atoms with Crippen molar-refractivity contribution in [2.75, 3.05) is 9.80 Å². The van der Waals surface area contributed by atoms with Gasteiger partial charge in [-0.2, -0.15) is 0 Å². The number of phenols is 1. The maximum atomic E-state index is 14.8. The number of hydrogen-bond donors (Lipinski definition) is 1. The lowest BCUT2D eigenvalue weighted by atomic mass is 9.56. The monoisotopic (exact) mass is 622 g/mol. The smallest absolute Gasteiger partial charge is 0.258 e. The average molecular weight is 623 g/mol. The summed E-state index contributed by atoms with van der Waals surface area (Å²) in [4.78, 5) is 53.5.